The van der Waals surface area contributed by atoms with Crippen molar-refractivity contribution in [3.63, 3.8) is 0 Å². The van der Waals surface area contributed by atoms with Crippen LogP contribution in [0.25, 0.3) is 0 Å². The van der Waals surface area contributed by atoms with Crippen molar-refractivity contribution in [2.75, 3.05) is 19.6 Å². The molecule has 0 spiro atoms. The van der Waals surface area contributed by atoms with E-state index in [4.69, 9.17) is 11.6 Å². The van der Waals surface area contributed by atoms with Gasteiger partial charge in [-0.1, -0.05) is 11.6 Å². The number of carbonyl (C=O) groups excluding carboxylic acids is 2. The zero-order valence-corrected chi connectivity index (χ0v) is 14.5. The molecule has 1 aromatic rings. The molecule has 1 atom stereocenters. The van der Waals surface area contributed by atoms with E-state index in [1.165, 1.54) is 6.42 Å². The van der Waals surface area contributed by atoms with E-state index in [0.29, 0.717) is 42.6 Å². The molecular formula is C16H23Cl2N3O2. The van der Waals surface area contributed by atoms with Gasteiger partial charge in [-0.15, -0.1) is 12.4 Å². The Morgan fingerprint density at radius 3 is 2.61 bits per heavy atom. The van der Waals surface area contributed by atoms with Crippen molar-refractivity contribution >= 4 is 35.8 Å². The van der Waals surface area contributed by atoms with E-state index >= 15 is 0 Å². The van der Waals surface area contributed by atoms with E-state index in [9.17, 15) is 9.59 Å². The number of hydrogen-bond acceptors (Lipinski definition) is 3. The van der Waals surface area contributed by atoms with E-state index in [-0.39, 0.29) is 24.2 Å². The Balaban J connectivity index is 0.00000264. The minimum Gasteiger partial charge on any atom is -0.355 e. The van der Waals surface area contributed by atoms with Gasteiger partial charge in [0.25, 0.3) is 5.91 Å². The molecule has 1 aliphatic rings. The van der Waals surface area contributed by atoms with Gasteiger partial charge in [0, 0.05) is 36.1 Å². The summed E-state index contributed by atoms with van der Waals surface area (Å²) >= 11 is 5.77. The average Bonchev–Trinajstić information content (AvgIpc) is 3.03. The second kappa shape index (κ2) is 10.5. The summed E-state index contributed by atoms with van der Waals surface area (Å²) in [5.41, 5.74) is 0.571. The second-order valence-electron chi connectivity index (χ2n) is 5.46. The summed E-state index contributed by atoms with van der Waals surface area (Å²) in [6, 6.07) is 7.13. The molecule has 7 heteroatoms. The van der Waals surface area contributed by atoms with Gasteiger partial charge in [-0.05, 0) is 50.1 Å². The fourth-order valence-corrected chi connectivity index (χ4v) is 2.54. The van der Waals surface area contributed by atoms with Crippen molar-refractivity contribution in [3.8, 4) is 0 Å². The molecule has 1 fully saturated rings. The van der Waals surface area contributed by atoms with Crippen LogP contribution in [0.1, 0.15) is 36.0 Å². The fraction of sp³-hybridized carbons (Fsp3) is 0.500. The molecule has 2 amide bonds. The molecular weight excluding hydrogens is 337 g/mol. The highest BCUT2D eigenvalue weighted by atomic mass is 35.5. The van der Waals surface area contributed by atoms with Crippen LogP contribution in [0.5, 0.6) is 0 Å². The number of amides is 2. The van der Waals surface area contributed by atoms with Crippen molar-refractivity contribution in [1.29, 1.82) is 0 Å². The van der Waals surface area contributed by atoms with Crippen LogP contribution in [0, 0.1) is 0 Å². The largest absolute Gasteiger partial charge is 0.355 e. The van der Waals surface area contributed by atoms with Crippen LogP contribution in [0.4, 0.5) is 0 Å². The van der Waals surface area contributed by atoms with Gasteiger partial charge in [0.2, 0.25) is 5.91 Å². The molecule has 1 aromatic carbocycles. The molecule has 5 nitrogen and oxygen atoms in total. The molecule has 1 aliphatic heterocycles. The first-order valence-electron chi connectivity index (χ1n) is 7.69. The maximum absolute atomic E-state index is 11.8. The molecule has 128 valence electrons. The van der Waals surface area contributed by atoms with Gasteiger partial charge in [-0.25, -0.2) is 0 Å². The Labute approximate surface area is 148 Å². The van der Waals surface area contributed by atoms with Crippen molar-refractivity contribution < 1.29 is 9.59 Å². The Morgan fingerprint density at radius 1 is 1.22 bits per heavy atom. The topological polar surface area (TPSA) is 70.2 Å². The maximum atomic E-state index is 11.8. The van der Waals surface area contributed by atoms with E-state index in [1.807, 2.05) is 0 Å². The predicted molar refractivity (Wildman–Crippen MR) is 94.3 cm³/mol. The number of benzene rings is 1. The molecule has 1 heterocycles. The first-order valence-corrected chi connectivity index (χ1v) is 8.07. The summed E-state index contributed by atoms with van der Waals surface area (Å²) in [5, 5.41) is 9.66. The average molecular weight is 360 g/mol. The fourth-order valence-electron chi connectivity index (χ4n) is 2.41. The SMILES string of the molecule is Cl.O=C(CCCNC(=O)c1ccc(Cl)cc1)NCC1CCCN1. The summed E-state index contributed by atoms with van der Waals surface area (Å²) in [7, 11) is 0. The predicted octanol–water partition coefficient (Wildman–Crippen LogP) is 2.14. The molecule has 0 saturated carbocycles. The summed E-state index contributed by atoms with van der Waals surface area (Å²) < 4.78 is 0. The van der Waals surface area contributed by atoms with Crippen LogP contribution in [-0.2, 0) is 4.79 Å². The number of carbonyl (C=O) groups is 2. The number of halogens is 2. The molecule has 0 aromatic heterocycles. The summed E-state index contributed by atoms with van der Waals surface area (Å²) in [6.07, 6.45) is 3.35. The first-order chi connectivity index (χ1) is 10.6. The van der Waals surface area contributed by atoms with Gasteiger partial charge >= 0.3 is 0 Å². The molecule has 0 bridgehead atoms. The third kappa shape index (κ3) is 7.20. The Kier molecular flexibility index (Phi) is 8.99. The summed E-state index contributed by atoms with van der Waals surface area (Å²) in [6.45, 7) is 2.21. The number of nitrogens with one attached hydrogen (secondary N) is 3. The van der Waals surface area contributed by atoms with Crippen LogP contribution >= 0.6 is 24.0 Å². The molecule has 2 rings (SSSR count). The van der Waals surface area contributed by atoms with Crippen molar-refractivity contribution in [1.82, 2.24) is 16.0 Å². The Morgan fingerprint density at radius 2 is 1.96 bits per heavy atom. The Bertz CT molecular complexity index is 503. The lowest BCUT2D eigenvalue weighted by molar-refractivity contribution is -0.121. The van der Waals surface area contributed by atoms with E-state index in [0.717, 1.165) is 13.0 Å². The summed E-state index contributed by atoms with van der Waals surface area (Å²) in [4.78, 5) is 23.5. The lowest BCUT2D eigenvalue weighted by atomic mass is 10.2. The lowest BCUT2D eigenvalue weighted by Crippen LogP contribution is -2.37. The van der Waals surface area contributed by atoms with Crippen LogP contribution in [0.2, 0.25) is 5.02 Å². The van der Waals surface area contributed by atoms with Crippen LogP contribution in [-0.4, -0.2) is 37.5 Å². The Hall–Kier alpha value is -1.30. The quantitative estimate of drug-likeness (QED) is 0.653. The molecule has 1 saturated heterocycles. The number of hydrogen-bond donors (Lipinski definition) is 3. The third-order valence-corrected chi connectivity index (χ3v) is 3.93. The van der Waals surface area contributed by atoms with Gasteiger partial charge in [-0.2, -0.15) is 0 Å². The molecule has 3 N–H and O–H groups in total. The normalized spacial score (nSPS) is 16.5. The minimum atomic E-state index is -0.146. The van der Waals surface area contributed by atoms with Gasteiger partial charge in [0.1, 0.15) is 0 Å². The molecule has 23 heavy (non-hydrogen) atoms. The number of rotatable bonds is 7. The van der Waals surface area contributed by atoms with Crippen LogP contribution < -0.4 is 16.0 Å². The molecule has 0 radical (unpaired) electrons. The maximum Gasteiger partial charge on any atom is 0.251 e. The van der Waals surface area contributed by atoms with Crippen molar-refractivity contribution in [2.24, 2.45) is 0 Å². The van der Waals surface area contributed by atoms with Gasteiger partial charge in [-0.3, -0.25) is 9.59 Å². The zero-order valence-electron chi connectivity index (χ0n) is 12.9. The van der Waals surface area contributed by atoms with E-state index < -0.39 is 0 Å². The van der Waals surface area contributed by atoms with Crippen LogP contribution in [0.3, 0.4) is 0 Å². The van der Waals surface area contributed by atoms with E-state index in [1.54, 1.807) is 24.3 Å². The highest BCUT2D eigenvalue weighted by Crippen LogP contribution is 2.09. The van der Waals surface area contributed by atoms with Crippen molar-refractivity contribution in [3.05, 3.63) is 34.9 Å². The monoisotopic (exact) mass is 359 g/mol. The minimum absolute atomic E-state index is 0. The second-order valence-corrected chi connectivity index (χ2v) is 5.90. The standard InChI is InChI=1S/C16H22ClN3O2.ClH/c17-13-7-5-12(6-8-13)16(22)19-10-2-4-15(21)20-11-14-3-1-9-18-14;/h5-8,14,18H,1-4,9-11H2,(H,19,22)(H,20,21);1H. The van der Waals surface area contributed by atoms with Crippen LogP contribution in [0.15, 0.2) is 24.3 Å². The van der Waals surface area contributed by atoms with E-state index in [2.05, 4.69) is 16.0 Å². The lowest BCUT2D eigenvalue weighted by Gasteiger charge is -2.11. The summed E-state index contributed by atoms with van der Waals surface area (Å²) in [5.74, 6) is -0.110. The highest BCUT2D eigenvalue weighted by molar-refractivity contribution is 6.30. The molecule has 1 unspecified atom stereocenters. The smallest absolute Gasteiger partial charge is 0.251 e. The zero-order chi connectivity index (χ0) is 15.8. The van der Waals surface area contributed by atoms with Gasteiger partial charge in [0.05, 0.1) is 0 Å². The van der Waals surface area contributed by atoms with Gasteiger partial charge < -0.3 is 16.0 Å². The molecule has 0 aliphatic carbocycles. The third-order valence-electron chi connectivity index (χ3n) is 3.68. The van der Waals surface area contributed by atoms with Gasteiger partial charge in [0.15, 0.2) is 0 Å². The first kappa shape index (κ1) is 19.7. The highest BCUT2D eigenvalue weighted by Gasteiger charge is 2.14. The van der Waals surface area contributed by atoms with Crippen molar-refractivity contribution in [2.45, 2.75) is 31.7 Å².